The van der Waals surface area contributed by atoms with Crippen LogP contribution in [-0.4, -0.2) is 108 Å². The molecule has 0 atom stereocenters. The average Bonchev–Trinajstić information content (AvgIpc) is 0.890. The maximum atomic E-state index is 5.42. The van der Waals surface area contributed by atoms with E-state index in [1.54, 1.807) is 68.3 Å². The number of para-hydroxylation sites is 2. The second-order valence-corrected chi connectivity index (χ2v) is 19.8. The number of rotatable bonds is 0. The fourth-order valence-electron chi connectivity index (χ4n) is 7.00. The van der Waals surface area contributed by atoms with Crippen molar-refractivity contribution in [2.24, 2.45) is 0 Å². The van der Waals surface area contributed by atoms with Crippen molar-refractivity contribution in [2.45, 2.75) is 287 Å². The Labute approximate surface area is 730 Å². The van der Waals surface area contributed by atoms with Crippen molar-refractivity contribution in [3.63, 3.8) is 0 Å². The van der Waals surface area contributed by atoms with Crippen LogP contribution in [0.1, 0.15) is 272 Å². The molecule has 0 radical (unpaired) electrons. The van der Waals surface area contributed by atoms with E-state index in [1.807, 2.05) is 358 Å². The Morgan fingerprint density at radius 3 is 1.17 bits per heavy atom. The Bertz CT molecular complexity index is 3180. The molecule has 0 bridgehead atoms. The highest BCUT2D eigenvalue weighted by Crippen LogP contribution is 2.29. The summed E-state index contributed by atoms with van der Waals surface area (Å²) in [6.45, 7) is 74.2. The molecule has 13 aromatic rings. The molecule has 0 saturated heterocycles. The van der Waals surface area contributed by atoms with Gasteiger partial charge in [-0.1, -0.05) is 293 Å². The minimum atomic E-state index is 0.711. The van der Waals surface area contributed by atoms with Crippen molar-refractivity contribution in [1.82, 2.24) is 95.6 Å². The standard InChI is InChI=1S/2C9H7N.C9H10O.C9H10S.C6H7N.2C5H6N2.4C4H5N3.15C2H6/c1-2-6-9-8(4-1)5-3-7-10-9;1-2-4-9-7-10-6-5-8(9)3-1;2*1-2-6-9-8(4-1)5-3-7-10-9;1-6-2-4-7-5-3-6;1-5-2-3-6-4-7-5;1-5-2-3-6-7-4-5;1-4-6-2-5-3-7-4;1-4-2-6-7-3-5-4;1-4-2-5-3-6-7-4;1-4-5-2-3-6-7-4;15*1-2/h2*1-7H;2*1-2,4,6H,3,5,7H2;2-5H,1H3;2*2-4H,1H3;4*2-3H,1H3;15*1-2H3. The number of hydrogen-bond acceptors (Lipinski definition) is 21. The van der Waals surface area contributed by atoms with E-state index in [2.05, 4.69) is 156 Å². The van der Waals surface area contributed by atoms with Crippen LogP contribution in [0.5, 0.6) is 5.75 Å². The topological polar surface area (TPSA) is 254 Å². The molecule has 0 unspecified atom stereocenters. The zero-order chi connectivity index (χ0) is 93.0. The summed E-state index contributed by atoms with van der Waals surface area (Å²) in [6, 6.07) is 47.0. The lowest BCUT2D eigenvalue weighted by Crippen LogP contribution is -2.07. The molecule has 11 heterocycles. The lowest BCUT2D eigenvalue weighted by Gasteiger charge is -2.15. The third-order valence-electron chi connectivity index (χ3n) is 11.5. The van der Waals surface area contributed by atoms with Crippen LogP contribution in [0.2, 0.25) is 0 Å². The van der Waals surface area contributed by atoms with Crippen LogP contribution >= 0.6 is 11.8 Å². The van der Waals surface area contributed by atoms with Gasteiger partial charge in [0.25, 0.3) is 0 Å². The highest BCUT2D eigenvalue weighted by Gasteiger charge is 2.08. The van der Waals surface area contributed by atoms with Crippen LogP contribution in [-0.2, 0) is 12.8 Å². The van der Waals surface area contributed by atoms with E-state index in [1.165, 1.54) is 88.8 Å². The number of aryl methyl sites for hydroxylation is 9. The second kappa shape index (κ2) is 118. The van der Waals surface area contributed by atoms with Crippen molar-refractivity contribution in [1.29, 1.82) is 0 Å². The summed E-state index contributed by atoms with van der Waals surface area (Å²) < 4.78 is 5.42. The number of fused-ring (bicyclic) bond motifs is 4. The number of ether oxygens (including phenoxy) is 1. The monoisotopic (exact) mass is 1650 g/mol. The SMILES string of the molecule is CC.CC.CC.CC.CC.CC.CC.CC.CC.CC.CC.CC.CC.CC.CC.Cc1ccncc1.Cc1ccncn1.Cc1ccnnc1.Cc1cncnn1.Cc1cnncn1.Cc1nccnn1.Cc1ncncn1.c1ccc2c(c1)CCCO2.c1ccc2c(c1)CCCS2.c1ccc2cnccc2c1.c1ccc2ncccc2c1. The fourth-order valence-corrected chi connectivity index (χ4v) is 8.04. The van der Waals surface area contributed by atoms with Crippen LogP contribution < -0.4 is 4.74 Å². The highest BCUT2D eigenvalue weighted by atomic mass is 32.2. The van der Waals surface area contributed by atoms with Gasteiger partial charge in [-0.15, -0.1) is 27.1 Å². The summed E-state index contributed by atoms with van der Waals surface area (Å²) in [4.78, 5) is 43.6. The first-order valence-corrected chi connectivity index (χ1v) is 44.3. The van der Waals surface area contributed by atoms with Crippen molar-refractivity contribution in [2.75, 3.05) is 12.4 Å². The van der Waals surface area contributed by atoms with Gasteiger partial charge in [-0.25, -0.2) is 39.9 Å². The van der Waals surface area contributed by atoms with E-state index < -0.39 is 0 Å². The molecule has 0 fully saturated rings. The van der Waals surface area contributed by atoms with E-state index in [9.17, 15) is 0 Å². The molecule has 662 valence electrons. The first-order valence-electron chi connectivity index (χ1n) is 43.3. The molecule has 2 aliphatic rings. The van der Waals surface area contributed by atoms with Crippen molar-refractivity contribution in [3.05, 3.63) is 297 Å². The minimum Gasteiger partial charge on any atom is -0.493 e. The summed E-state index contributed by atoms with van der Waals surface area (Å²) in [6.07, 6.45) is 32.9. The molecular weight excluding hydrogens is 1490 g/mol. The quantitative estimate of drug-likeness (QED) is 0.137. The lowest BCUT2D eigenvalue weighted by molar-refractivity contribution is 0.288. The van der Waals surface area contributed by atoms with Gasteiger partial charge in [0.2, 0.25) is 0 Å². The predicted octanol–water partition coefficient (Wildman–Crippen LogP) is 28.3. The molecular formula is C98H163N19OS. The summed E-state index contributed by atoms with van der Waals surface area (Å²) in [7, 11) is 0. The Hall–Kier alpha value is -10.8. The highest BCUT2D eigenvalue weighted by molar-refractivity contribution is 7.99. The Morgan fingerprint density at radius 1 is 0.269 bits per heavy atom. The molecule has 2 aliphatic heterocycles. The molecule has 0 saturated carbocycles. The molecule has 9 aromatic heterocycles. The fraction of sp³-hybridized carbons (Fsp3) is 0.439. The van der Waals surface area contributed by atoms with Crippen molar-refractivity contribution < 1.29 is 4.74 Å². The summed E-state index contributed by atoms with van der Waals surface area (Å²) in [5.74, 6) is 3.85. The van der Waals surface area contributed by atoms with E-state index in [0.29, 0.717) is 5.82 Å². The number of benzene rings is 4. The summed E-state index contributed by atoms with van der Waals surface area (Å²) in [5.41, 5.74) is 9.12. The first-order chi connectivity index (χ1) is 58.6. The van der Waals surface area contributed by atoms with Gasteiger partial charge in [0, 0.05) is 65.6 Å². The predicted molar refractivity (Wildman–Crippen MR) is 520 cm³/mol. The van der Waals surface area contributed by atoms with Gasteiger partial charge in [0.1, 0.15) is 49.0 Å². The number of thioether (sulfide) groups is 1. The number of nitrogens with zero attached hydrogens (tertiary/aromatic N) is 19. The second-order valence-electron chi connectivity index (χ2n) is 18.7. The first kappa shape index (κ1) is 132. The van der Waals surface area contributed by atoms with Crippen LogP contribution in [0, 0.1) is 48.5 Å². The normalized spacial score (nSPS) is 8.71. The van der Waals surface area contributed by atoms with Gasteiger partial charge < -0.3 is 4.74 Å². The molecule has 0 N–H and O–H groups in total. The van der Waals surface area contributed by atoms with Crippen LogP contribution in [0.4, 0.5) is 0 Å². The Balaban J connectivity index is -0.000000116. The van der Waals surface area contributed by atoms with Crippen LogP contribution in [0.15, 0.2) is 250 Å². The molecule has 119 heavy (non-hydrogen) atoms. The number of hydrogen-bond donors (Lipinski definition) is 0. The van der Waals surface area contributed by atoms with Gasteiger partial charge in [-0.05, 0) is 168 Å². The minimum absolute atomic E-state index is 0.711. The van der Waals surface area contributed by atoms with Crippen molar-refractivity contribution in [3.8, 4) is 5.75 Å². The molecule has 0 aliphatic carbocycles. The zero-order valence-corrected chi connectivity index (χ0v) is 82.0. The van der Waals surface area contributed by atoms with Crippen LogP contribution in [0.25, 0.3) is 21.7 Å². The Kier molecular flexibility index (Phi) is 131. The van der Waals surface area contributed by atoms with Crippen molar-refractivity contribution >= 4 is 33.4 Å². The molecule has 21 heteroatoms. The van der Waals surface area contributed by atoms with E-state index in [-0.39, 0.29) is 0 Å². The maximum Gasteiger partial charge on any atom is 0.147 e. The average molecular weight is 1660 g/mol. The zero-order valence-electron chi connectivity index (χ0n) is 81.2. The number of pyridine rings is 3. The molecule has 0 amide bonds. The van der Waals surface area contributed by atoms with E-state index in [4.69, 9.17) is 4.74 Å². The van der Waals surface area contributed by atoms with E-state index >= 15 is 0 Å². The van der Waals surface area contributed by atoms with Gasteiger partial charge in [0.15, 0.2) is 0 Å². The smallest absolute Gasteiger partial charge is 0.147 e. The third-order valence-corrected chi connectivity index (χ3v) is 12.7. The third kappa shape index (κ3) is 86.4. The van der Waals surface area contributed by atoms with Gasteiger partial charge in [-0.2, -0.15) is 25.5 Å². The Morgan fingerprint density at radius 2 is 0.773 bits per heavy atom. The summed E-state index contributed by atoms with van der Waals surface area (Å²) >= 11 is 1.99. The summed E-state index contributed by atoms with van der Waals surface area (Å²) in [5, 5.41) is 32.3. The molecule has 15 rings (SSSR count). The van der Waals surface area contributed by atoms with Gasteiger partial charge in [0.05, 0.1) is 48.3 Å². The molecule has 4 aromatic carbocycles. The maximum absolute atomic E-state index is 5.42. The van der Waals surface area contributed by atoms with E-state index in [0.717, 1.165) is 52.8 Å². The largest absolute Gasteiger partial charge is 0.493 e. The van der Waals surface area contributed by atoms with Crippen LogP contribution in [0.3, 0.4) is 0 Å². The van der Waals surface area contributed by atoms with Gasteiger partial charge >= 0.3 is 0 Å². The number of aromatic nitrogens is 19. The molecule has 20 nitrogen and oxygen atoms in total. The lowest BCUT2D eigenvalue weighted by atomic mass is 10.1. The molecule has 0 spiro atoms. The van der Waals surface area contributed by atoms with Gasteiger partial charge in [-0.3, -0.25) is 15.0 Å².